The highest BCUT2D eigenvalue weighted by molar-refractivity contribution is 7.91. The Labute approximate surface area is 117 Å². The summed E-state index contributed by atoms with van der Waals surface area (Å²) >= 11 is 0. The van der Waals surface area contributed by atoms with Crippen molar-refractivity contribution in [3.05, 3.63) is 29.6 Å². The van der Waals surface area contributed by atoms with Crippen molar-refractivity contribution in [3.8, 4) is 5.75 Å². The summed E-state index contributed by atoms with van der Waals surface area (Å²) in [5.41, 5.74) is 5.52. The van der Waals surface area contributed by atoms with Crippen molar-refractivity contribution in [2.24, 2.45) is 10.9 Å². The van der Waals surface area contributed by atoms with E-state index in [-0.39, 0.29) is 29.5 Å². The number of rotatable bonds is 6. The van der Waals surface area contributed by atoms with Gasteiger partial charge in [-0.2, -0.15) is 0 Å². The van der Waals surface area contributed by atoms with Crippen LogP contribution in [0.2, 0.25) is 0 Å². The van der Waals surface area contributed by atoms with Crippen LogP contribution in [-0.2, 0) is 9.84 Å². The summed E-state index contributed by atoms with van der Waals surface area (Å²) in [7, 11) is -3.23. The van der Waals surface area contributed by atoms with E-state index in [1.807, 2.05) is 0 Å². The molecule has 0 aliphatic carbocycles. The molecule has 0 radical (unpaired) electrons. The van der Waals surface area contributed by atoms with Gasteiger partial charge in [-0.25, -0.2) is 12.8 Å². The van der Waals surface area contributed by atoms with Gasteiger partial charge in [0.25, 0.3) is 0 Å². The van der Waals surface area contributed by atoms with Gasteiger partial charge in [0.2, 0.25) is 0 Å². The lowest BCUT2D eigenvalue weighted by molar-refractivity contribution is 0.318. The SMILES string of the molecule is CC(C)S(=O)(=O)CCOc1ccc(/C(N)=N/O)cc1F. The van der Waals surface area contributed by atoms with Crippen molar-refractivity contribution in [2.75, 3.05) is 12.4 Å². The van der Waals surface area contributed by atoms with Gasteiger partial charge in [0.05, 0.1) is 11.0 Å². The smallest absolute Gasteiger partial charge is 0.170 e. The van der Waals surface area contributed by atoms with Crippen LogP contribution >= 0.6 is 0 Å². The van der Waals surface area contributed by atoms with Gasteiger partial charge < -0.3 is 15.7 Å². The molecule has 0 bridgehead atoms. The van der Waals surface area contributed by atoms with Gasteiger partial charge in [-0.15, -0.1) is 0 Å². The van der Waals surface area contributed by atoms with Crippen molar-refractivity contribution >= 4 is 15.7 Å². The number of nitrogens with zero attached hydrogens (tertiary/aromatic N) is 1. The molecular formula is C12H17FN2O4S. The Bertz CT molecular complexity index is 599. The van der Waals surface area contributed by atoms with Crippen molar-refractivity contribution in [1.82, 2.24) is 0 Å². The summed E-state index contributed by atoms with van der Waals surface area (Å²) in [6.07, 6.45) is 0. The molecule has 0 aliphatic heterocycles. The molecule has 0 aromatic heterocycles. The van der Waals surface area contributed by atoms with Crippen LogP contribution < -0.4 is 10.5 Å². The third kappa shape index (κ3) is 4.09. The van der Waals surface area contributed by atoms with E-state index in [0.29, 0.717) is 0 Å². The number of ether oxygens (including phenoxy) is 1. The third-order valence-corrected chi connectivity index (χ3v) is 4.85. The highest BCUT2D eigenvalue weighted by Crippen LogP contribution is 2.18. The molecule has 0 atom stereocenters. The van der Waals surface area contributed by atoms with E-state index >= 15 is 0 Å². The largest absolute Gasteiger partial charge is 0.489 e. The molecule has 0 spiro atoms. The van der Waals surface area contributed by atoms with E-state index in [4.69, 9.17) is 15.7 Å². The molecule has 0 fully saturated rings. The van der Waals surface area contributed by atoms with Crippen molar-refractivity contribution in [1.29, 1.82) is 0 Å². The summed E-state index contributed by atoms with van der Waals surface area (Å²) in [5, 5.41) is 10.7. The molecular weight excluding hydrogens is 287 g/mol. The molecule has 0 amide bonds. The number of oxime groups is 1. The van der Waals surface area contributed by atoms with E-state index in [2.05, 4.69) is 5.16 Å². The minimum Gasteiger partial charge on any atom is -0.489 e. The van der Waals surface area contributed by atoms with Crippen LogP contribution in [0.5, 0.6) is 5.75 Å². The predicted octanol–water partition coefficient (Wildman–Crippen LogP) is 1.12. The van der Waals surface area contributed by atoms with Crippen LogP contribution in [0.15, 0.2) is 23.4 Å². The number of amidine groups is 1. The Kier molecular flexibility index (Phi) is 5.32. The van der Waals surface area contributed by atoms with Crippen molar-refractivity contribution in [2.45, 2.75) is 19.1 Å². The Hall–Kier alpha value is -1.83. The van der Waals surface area contributed by atoms with Crippen molar-refractivity contribution in [3.63, 3.8) is 0 Å². The highest BCUT2D eigenvalue weighted by Gasteiger charge is 2.16. The highest BCUT2D eigenvalue weighted by atomic mass is 32.2. The van der Waals surface area contributed by atoms with Crippen LogP contribution in [0.4, 0.5) is 4.39 Å². The van der Waals surface area contributed by atoms with Crippen LogP contribution in [0, 0.1) is 5.82 Å². The summed E-state index contributed by atoms with van der Waals surface area (Å²) in [6.45, 7) is 3.00. The van der Waals surface area contributed by atoms with Gasteiger partial charge in [-0.3, -0.25) is 0 Å². The average molecular weight is 304 g/mol. The van der Waals surface area contributed by atoms with Crippen LogP contribution in [0.1, 0.15) is 19.4 Å². The molecule has 0 unspecified atom stereocenters. The number of benzene rings is 1. The molecule has 1 aromatic rings. The molecule has 112 valence electrons. The Morgan fingerprint density at radius 3 is 2.65 bits per heavy atom. The minimum atomic E-state index is -3.23. The Morgan fingerprint density at radius 2 is 2.15 bits per heavy atom. The molecule has 20 heavy (non-hydrogen) atoms. The first-order valence-corrected chi connectivity index (χ1v) is 7.61. The standard InChI is InChI=1S/C12H17FN2O4S/c1-8(2)20(17,18)6-5-19-11-4-3-9(7-10(11)13)12(14)15-16/h3-4,7-8,16H,5-6H2,1-2H3,(H2,14,15). The normalized spacial score (nSPS) is 12.7. The first kappa shape index (κ1) is 16.2. The summed E-state index contributed by atoms with van der Waals surface area (Å²) < 4.78 is 41.9. The molecule has 0 aliphatic rings. The van der Waals surface area contributed by atoms with E-state index in [9.17, 15) is 12.8 Å². The van der Waals surface area contributed by atoms with Crippen molar-refractivity contribution < 1.29 is 22.8 Å². The fourth-order valence-electron chi connectivity index (χ4n) is 1.34. The van der Waals surface area contributed by atoms with Gasteiger partial charge in [0, 0.05) is 5.56 Å². The number of hydrogen-bond acceptors (Lipinski definition) is 5. The summed E-state index contributed by atoms with van der Waals surface area (Å²) in [6, 6.07) is 3.75. The molecule has 8 heteroatoms. The quantitative estimate of drug-likeness (QED) is 0.355. The number of sulfone groups is 1. The van der Waals surface area contributed by atoms with E-state index < -0.39 is 20.9 Å². The fraction of sp³-hybridized carbons (Fsp3) is 0.417. The zero-order chi connectivity index (χ0) is 15.3. The van der Waals surface area contributed by atoms with Crippen LogP contribution in [-0.4, -0.2) is 37.1 Å². The Balaban J connectivity index is 2.71. The molecule has 3 N–H and O–H groups in total. The van der Waals surface area contributed by atoms with Crippen LogP contribution in [0.25, 0.3) is 0 Å². The molecule has 0 heterocycles. The summed E-state index contributed by atoms with van der Waals surface area (Å²) in [4.78, 5) is 0. The third-order valence-electron chi connectivity index (χ3n) is 2.68. The Morgan fingerprint density at radius 1 is 1.50 bits per heavy atom. The second kappa shape index (κ2) is 6.56. The first-order chi connectivity index (χ1) is 9.27. The van der Waals surface area contributed by atoms with Gasteiger partial charge in [-0.05, 0) is 32.0 Å². The molecule has 0 saturated carbocycles. The minimum absolute atomic E-state index is 0.0848. The lowest BCUT2D eigenvalue weighted by atomic mass is 10.2. The lowest BCUT2D eigenvalue weighted by Gasteiger charge is -2.10. The number of hydrogen-bond donors (Lipinski definition) is 2. The van der Waals surface area contributed by atoms with Crippen LogP contribution in [0.3, 0.4) is 0 Å². The first-order valence-electron chi connectivity index (χ1n) is 5.89. The zero-order valence-electron chi connectivity index (χ0n) is 11.2. The van der Waals surface area contributed by atoms with E-state index in [0.717, 1.165) is 6.07 Å². The van der Waals surface area contributed by atoms with Gasteiger partial charge in [0.1, 0.15) is 6.61 Å². The second-order valence-electron chi connectivity index (χ2n) is 4.39. The average Bonchev–Trinajstić information content (AvgIpc) is 2.39. The topological polar surface area (TPSA) is 102 Å². The maximum atomic E-state index is 13.7. The molecule has 6 nitrogen and oxygen atoms in total. The maximum absolute atomic E-state index is 13.7. The second-order valence-corrected chi connectivity index (χ2v) is 7.07. The number of halogens is 1. The molecule has 1 rings (SSSR count). The van der Waals surface area contributed by atoms with Gasteiger partial charge in [0.15, 0.2) is 27.2 Å². The zero-order valence-corrected chi connectivity index (χ0v) is 12.0. The summed E-state index contributed by atoms with van der Waals surface area (Å²) in [5.74, 6) is -1.21. The fourth-order valence-corrected chi connectivity index (χ4v) is 2.13. The van der Waals surface area contributed by atoms with Gasteiger partial charge in [-0.1, -0.05) is 5.16 Å². The van der Waals surface area contributed by atoms with E-state index in [1.165, 1.54) is 12.1 Å². The van der Waals surface area contributed by atoms with Gasteiger partial charge >= 0.3 is 0 Å². The monoisotopic (exact) mass is 304 g/mol. The van der Waals surface area contributed by atoms with E-state index in [1.54, 1.807) is 13.8 Å². The maximum Gasteiger partial charge on any atom is 0.170 e. The number of nitrogens with two attached hydrogens (primary N) is 1. The lowest BCUT2D eigenvalue weighted by Crippen LogP contribution is -2.22. The molecule has 1 aromatic carbocycles. The predicted molar refractivity (Wildman–Crippen MR) is 73.3 cm³/mol. The molecule has 0 saturated heterocycles.